The van der Waals surface area contributed by atoms with Gasteiger partial charge in [0, 0.05) is 56.0 Å². The van der Waals surface area contributed by atoms with Crippen molar-refractivity contribution >= 4 is 11.6 Å². The molecule has 1 N–H and O–H groups in total. The molecule has 1 amide bonds. The van der Waals surface area contributed by atoms with E-state index in [2.05, 4.69) is 15.1 Å². The third-order valence-electron chi connectivity index (χ3n) is 4.82. The smallest absolute Gasteiger partial charge is 0.272 e. The van der Waals surface area contributed by atoms with Crippen LogP contribution in [0.25, 0.3) is 16.9 Å². The second-order valence-corrected chi connectivity index (χ2v) is 6.40. The average molecular weight is 337 g/mol. The summed E-state index contributed by atoms with van der Waals surface area (Å²) in [7, 11) is 0. The van der Waals surface area contributed by atoms with E-state index in [4.69, 9.17) is 0 Å². The third kappa shape index (κ3) is 2.93. The molecule has 3 aromatic heterocycles. The van der Waals surface area contributed by atoms with Gasteiger partial charge in [-0.3, -0.25) is 19.7 Å². The monoisotopic (exact) mass is 337 g/mol. The molecule has 4 heterocycles. The molecule has 1 fully saturated rings. The van der Waals surface area contributed by atoms with Crippen molar-refractivity contribution in [2.24, 2.45) is 0 Å². The predicted molar refractivity (Wildman–Crippen MR) is 93.3 cm³/mol. The Kier molecular flexibility index (Phi) is 3.83. The molecule has 4 rings (SSSR count). The topological polar surface area (TPSA) is 83.4 Å². The summed E-state index contributed by atoms with van der Waals surface area (Å²) in [5.41, 5.74) is 3.10. The SMILES string of the molecule is CC(=O)N1CCC(c2cc(=O)n3[nH]c(-c4ccncc4)cc3n2)CC1. The van der Waals surface area contributed by atoms with Crippen LogP contribution in [0.5, 0.6) is 0 Å². The van der Waals surface area contributed by atoms with Crippen LogP contribution in [0.15, 0.2) is 41.5 Å². The number of aromatic amines is 1. The summed E-state index contributed by atoms with van der Waals surface area (Å²) < 4.78 is 1.46. The lowest BCUT2D eigenvalue weighted by molar-refractivity contribution is -0.129. The Morgan fingerprint density at radius 2 is 1.92 bits per heavy atom. The van der Waals surface area contributed by atoms with Gasteiger partial charge >= 0.3 is 0 Å². The van der Waals surface area contributed by atoms with Crippen LogP contribution in [0.4, 0.5) is 0 Å². The summed E-state index contributed by atoms with van der Waals surface area (Å²) in [5.74, 6) is 0.321. The fraction of sp³-hybridized carbons (Fsp3) is 0.333. The quantitative estimate of drug-likeness (QED) is 0.773. The molecule has 0 atom stereocenters. The van der Waals surface area contributed by atoms with Crippen LogP contribution in [-0.2, 0) is 4.79 Å². The van der Waals surface area contributed by atoms with Crippen LogP contribution in [0.1, 0.15) is 31.4 Å². The van der Waals surface area contributed by atoms with E-state index in [0.29, 0.717) is 5.65 Å². The van der Waals surface area contributed by atoms with Crippen molar-refractivity contribution in [2.75, 3.05) is 13.1 Å². The Morgan fingerprint density at radius 1 is 1.20 bits per heavy atom. The number of carbonyl (C=O) groups excluding carboxylic acids is 1. The highest BCUT2D eigenvalue weighted by molar-refractivity contribution is 5.73. The van der Waals surface area contributed by atoms with Crippen molar-refractivity contribution in [1.82, 2.24) is 24.5 Å². The van der Waals surface area contributed by atoms with Gasteiger partial charge in [-0.25, -0.2) is 9.50 Å². The lowest BCUT2D eigenvalue weighted by Crippen LogP contribution is -2.36. The van der Waals surface area contributed by atoms with Crippen LogP contribution >= 0.6 is 0 Å². The number of rotatable bonds is 2. The molecule has 0 unspecified atom stereocenters. The fourth-order valence-corrected chi connectivity index (χ4v) is 3.39. The second-order valence-electron chi connectivity index (χ2n) is 6.40. The molecule has 0 spiro atoms. The van der Waals surface area contributed by atoms with Gasteiger partial charge < -0.3 is 4.90 Å². The minimum Gasteiger partial charge on any atom is -0.343 e. The number of nitrogens with one attached hydrogen (secondary N) is 1. The Balaban J connectivity index is 1.66. The summed E-state index contributed by atoms with van der Waals surface area (Å²) >= 11 is 0. The number of likely N-dealkylation sites (tertiary alicyclic amines) is 1. The minimum absolute atomic E-state index is 0.106. The number of aromatic nitrogens is 4. The molecule has 25 heavy (non-hydrogen) atoms. The lowest BCUT2D eigenvalue weighted by Gasteiger charge is -2.30. The zero-order chi connectivity index (χ0) is 17.4. The van der Waals surface area contributed by atoms with Crippen molar-refractivity contribution in [1.29, 1.82) is 0 Å². The Labute approximate surface area is 144 Å². The zero-order valence-electron chi connectivity index (χ0n) is 14.0. The normalized spacial score (nSPS) is 15.6. The van der Waals surface area contributed by atoms with Crippen LogP contribution in [0.3, 0.4) is 0 Å². The molecule has 0 bridgehead atoms. The van der Waals surface area contributed by atoms with E-state index in [1.165, 1.54) is 4.52 Å². The Morgan fingerprint density at radius 3 is 2.60 bits per heavy atom. The summed E-state index contributed by atoms with van der Waals surface area (Å²) in [6.07, 6.45) is 5.10. The van der Waals surface area contributed by atoms with E-state index in [-0.39, 0.29) is 17.4 Å². The van der Waals surface area contributed by atoms with E-state index >= 15 is 0 Å². The van der Waals surface area contributed by atoms with Crippen molar-refractivity contribution in [3.8, 4) is 11.3 Å². The second kappa shape index (κ2) is 6.16. The van der Waals surface area contributed by atoms with Gasteiger partial charge in [-0.05, 0) is 25.0 Å². The molecule has 1 aliphatic heterocycles. The molecule has 0 aliphatic carbocycles. The number of fused-ring (bicyclic) bond motifs is 1. The number of H-pyrrole nitrogens is 1. The number of nitrogens with zero attached hydrogens (tertiary/aromatic N) is 4. The molecule has 128 valence electrons. The number of hydrogen-bond donors (Lipinski definition) is 1. The van der Waals surface area contributed by atoms with Crippen molar-refractivity contribution in [3.05, 3.63) is 52.7 Å². The number of pyridine rings is 1. The predicted octanol–water partition coefficient (Wildman–Crippen LogP) is 1.81. The number of hydrogen-bond acceptors (Lipinski definition) is 4. The number of carbonyl (C=O) groups is 1. The van der Waals surface area contributed by atoms with Crippen molar-refractivity contribution < 1.29 is 4.79 Å². The molecule has 0 radical (unpaired) electrons. The third-order valence-corrected chi connectivity index (χ3v) is 4.82. The van der Waals surface area contributed by atoms with E-state index in [9.17, 15) is 9.59 Å². The van der Waals surface area contributed by atoms with Crippen molar-refractivity contribution in [3.63, 3.8) is 0 Å². The van der Waals surface area contributed by atoms with Crippen molar-refractivity contribution in [2.45, 2.75) is 25.7 Å². The summed E-state index contributed by atoms with van der Waals surface area (Å²) in [4.78, 5) is 34.5. The van der Waals surface area contributed by atoms with Gasteiger partial charge in [0.05, 0.1) is 11.4 Å². The molecule has 0 aromatic carbocycles. The molecular formula is C18H19N5O2. The average Bonchev–Trinajstić information content (AvgIpc) is 3.07. The van der Waals surface area contributed by atoms with E-state index in [0.717, 1.165) is 42.9 Å². The van der Waals surface area contributed by atoms with Gasteiger partial charge in [-0.15, -0.1) is 0 Å². The maximum absolute atomic E-state index is 12.5. The first kappa shape index (κ1) is 15.6. The first-order valence-electron chi connectivity index (χ1n) is 8.40. The largest absolute Gasteiger partial charge is 0.343 e. The molecule has 7 heteroatoms. The van der Waals surface area contributed by atoms with Crippen LogP contribution in [0.2, 0.25) is 0 Å². The first-order chi connectivity index (χ1) is 12.1. The highest BCUT2D eigenvalue weighted by Crippen LogP contribution is 2.27. The van der Waals surface area contributed by atoms with E-state index < -0.39 is 0 Å². The van der Waals surface area contributed by atoms with Gasteiger partial charge in [0.1, 0.15) is 0 Å². The highest BCUT2D eigenvalue weighted by Gasteiger charge is 2.24. The standard InChI is InChI=1S/C18H19N5O2/c1-12(24)22-8-4-14(5-9-22)15-11-18(25)23-17(20-15)10-16(21-23)13-2-6-19-7-3-13/h2-3,6-7,10-11,14,21H,4-5,8-9H2,1H3. The summed E-state index contributed by atoms with van der Waals surface area (Å²) in [6.45, 7) is 3.03. The molecule has 1 aliphatic rings. The van der Waals surface area contributed by atoms with Crippen LogP contribution in [0, 0.1) is 0 Å². The van der Waals surface area contributed by atoms with Gasteiger partial charge in [-0.1, -0.05) is 0 Å². The Hall–Kier alpha value is -2.96. The van der Waals surface area contributed by atoms with E-state index in [1.54, 1.807) is 25.4 Å². The lowest BCUT2D eigenvalue weighted by atomic mass is 9.93. The van der Waals surface area contributed by atoms with Gasteiger partial charge in [0.25, 0.3) is 5.56 Å². The molecule has 1 saturated heterocycles. The summed E-state index contributed by atoms with van der Waals surface area (Å²) in [6, 6.07) is 7.25. The molecular weight excluding hydrogens is 318 g/mol. The Bertz CT molecular complexity index is 968. The first-order valence-corrected chi connectivity index (χ1v) is 8.40. The number of piperidine rings is 1. The van der Waals surface area contributed by atoms with Gasteiger partial charge in [-0.2, -0.15) is 0 Å². The highest BCUT2D eigenvalue weighted by atomic mass is 16.2. The number of amides is 1. The van der Waals surface area contributed by atoms with Crippen LogP contribution < -0.4 is 5.56 Å². The van der Waals surface area contributed by atoms with Gasteiger partial charge in [0.2, 0.25) is 5.91 Å². The maximum atomic E-state index is 12.5. The fourth-order valence-electron chi connectivity index (χ4n) is 3.39. The van der Waals surface area contributed by atoms with Gasteiger partial charge in [0.15, 0.2) is 5.65 Å². The van der Waals surface area contributed by atoms with E-state index in [1.807, 2.05) is 23.1 Å². The molecule has 3 aromatic rings. The summed E-state index contributed by atoms with van der Waals surface area (Å²) in [5, 5.41) is 3.09. The zero-order valence-corrected chi connectivity index (χ0v) is 14.0. The maximum Gasteiger partial charge on any atom is 0.272 e. The van der Waals surface area contributed by atoms with Crippen LogP contribution in [-0.4, -0.2) is 43.5 Å². The molecule has 7 nitrogen and oxygen atoms in total. The molecule has 0 saturated carbocycles. The minimum atomic E-state index is -0.116.